The number of benzene rings is 1. The highest BCUT2D eigenvalue weighted by Gasteiger charge is 2.11. The first kappa shape index (κ1) is 15.2. The maximum absolute atomic E-state index is 11.1. The first-order valence-electron chi connectivity index (χ1n) is 6.86. The van der Waals surface area contributed by atoms with Crippen LogP contribution < -0.4 is 0 Å². The third-order valence-corrected chi connectivity index (χ3v) is 3.91. The number of aromatic nitrogens is 2. The van der Waals surface area contributed by atoms with Crippen molar-refractivity contribution in [3.8, 4) is 0 Å². The molecule has 0 spiro atoms. The van der Waals surface area contributed by atoms with Gasteiger partial charge in [0, 0.05) is 11.2 Å². The van der Waals surface area contributed by atoms with Crippen molar-refractivity contribution >= 4 is 34.7 Å². The summed E-state index contributed by atoms with van der Waals surface area (Å²) in [7, 11) is 0. The predicted molar refractivity (Wildman–Crippen MR) is 87.3 cm³/mol. The van der Waals surface area contributed by atoms with E-state index in [1.54, 1.807) is 29.5 Å². The van der Waals surface area contributed by atoms with Crippen molar-refractivity contribution in [1.29, 1.82) is 0 Å². The Hall–Kier alpha value is -2.73. The number of hydrogen-bond acceptors (Lipinski definition) is 4. The Bertz CT molecular complexity index is 947. The van der Waals surface area contributed by atoms with Crippen molar-refractivity contribution in [3.05, 3.63) is 58.4 Å². The summed E-state index contributed by atoms with van der Waals surface area (Å²) < 4.78 is 1.61. The van der Waals surface area contributed by atoms with E-state index in [0.717, 1.165) is 5.56 Å². The number of aromatic carboxylic acids is 1. The van der Waals surface area contributed by atoms with E-state index in [-0.39, 0.29) is 5.56 Å². The summed E-state index contributed by atoms with van der Waals surface area (Å²) in [5, 5.41) is 18.2. The average molecular weight is 329 g/mol. The summed E-state index contributed by atoms with van der Waals surface area (Å²) in [6.07, 6.45) is 1.48. The topological polar surface area (TPSA) is 79.3 Å². The standard InChI is InChI=1S/C16H13ClN4O2/c1-9-12(17)4-3-5-13(9)19-20-15-10(2)18-14-7-6-11(16(22)23)8-21(14)15/h3-8H,1-2H3,(H,22,23). The van der Waals surface area contributed by atoms with Crippen LogP contribution in [0.2, 0.25) is 5.02 Å². The molecular formula is C16H13ClN4O2. The van der Waals surface area contributed by atoms with Gasteiger partial charge < -0.3 is 5.11 Å². The molecule has 0 aliphatic rings. The number of imidazole rings is 1. The van der Waals surface area contributed by atoms with Crippen molar-refractivity contribution < 1.29 is 9.90 Å². The van der Waals surface area contributed by atoms with Crippen LogP contribution in [0, 0.1) is 13.8 Å². The van der Waals surface area contributed by atoms with Crippen LogP contribution in [0.3, 0.4) is 0 Å². The van der Waals surface area contributed by atoms with Crippen molar-refractivity contribution in [3.63, 3.8) is 0 Å². The zero-order valence-electron chi connectivity index (χ0n) is 12.5. The molecule has 3 aromatic rings. The summed E-state index contributed by atoms with van der Waals surface area (Å²) in [4.78, 5) is 15.5. The first-order chi connectivity index (χ1) is 11.0. The summed E-state index contributed by atoms with van der Waals surface area (Å²) in [5.41, 5.74) is 2.92. The van der Waals surface area contributed by atoms with Gasteiger partial charge in [-0.05, 0) is 43.7 Å². The molecule has 0 saturated heterocycles. The largest absolute Gasteiger partial charge is 0.478 e. The van der Waals surface area contributed by atoms with Crippen LogP contribution in [0.4, 0.5) is 11.5 Å². The highest BCUT2D eigenvalue weighted by Crippen LogP contribution is 2.28. The number of carbonyl (C=O) groups is 1. The van der Waals surface area contributed by atoms with Crippen LogP contribution >= 0.6 is 11.6 Å². The Morgan fingerprint density at radius 1 is 1.22 bits per heavy atom. The van der Waals surface area contributed by atoms with Gasteiger partial charge in [0.2, 0.25) is 0 Å². The maximum atomic E-state index is 11.1. The molecule has 7 heteroatoms. The third-order valence-electron chi connectivity index (χ3n) is 3.50. The molecule has 23 heavy (non-hydrogen) atoms. The smallest absolute Gasteiger partial charge is 0.337 e. The van der Waals surface area contributed by atoms with Crippen molar-refractivity contribution in [2.24, 2.45) is 10.2 Å². The van der Waals surface area contributed by atoms with Gasteiger partial charge in [-0.25, -0.2) is 9.78 Å². The van der Waals surface area contributed by atoms with Crippen molar-refractivity contribution in [1.82, 2.24) is 9.38 Å². The van der Waals surface area contributed by atoms with E-state index < -0.39 is 5.97 Å². The molecule has 0 saturated carbocycles. The van der Waals surface area contributed by atoms with Gasteiger partial charge in [-0.3, -0.25) is 4.40 Å². The number of carboxylic acid groups (broad SMARTS) is 1. The van der Waals surface area contributed by atoms with E-state index in [0.29, 0.717) is 27.9 Å². The van der Waals surface area contributed by atoms with E-state index >= 15 is 0 Å². The van der Waals surface area contributed by atoms with Crippen molar-refractivity contribution in [2.75, 3.05) is 0 Å². The summed E-state index contributed by atoms with van der Waals surface area (Å²) in [5.74, 6) is -0.519. The second-order valence-electron chi connectivity index (χ2n) is 5.06. The zero-order chi connectivity index (χ0) is 16.6. The van der Waals surface area contributed by atoms with E-state index in [1.807, 2.05) is 13.0 Å². The Morgan fingerprint density at radius 2 is 2.00 bits per heavy atom. The molecule has 116 valence electrons. The molecule has 1 N–H and O–H groups in total. The highest BCUT2D eigenvalue weighted by atomic mass is 35.5. The summed E-state index contributed by atoms with van der Waals surface area (Å²) >= 11 is 6.07. The van der Waals surface area contributed by atoms with E-state index in [2.05, 4.69) is 15.2 Å². The molecule has 0 amide bonds. The number of hydrogen-bond donors (Lipinski definition) is 1. The molecule has 6 nitrogen and oxygen atoms in total. The average Bonchev–Trinajstić information content (AvgIpc) is 2.83. The Kier molecular flexibility index (Phi) is 3.83. The van der Waals surface area contributed by atoms with Gasteiger partial charge in [0.05, 0.1) is 16.9 Å². The molecule has 0 aliphatic carbocycles. The van der Waals surface area contributed by atoms with E-state index in [4.69, 9.17) is 16.7 Å². The van der Waals surface area contributed by atoms with Crippen LogP contribution in [0.5, 0.6) is 0 Å². The second-order valence-corrected chi connectivity index (χ2v) is 5.46. The van der Waals surface area contributed by atoms with E-state index in [9.17, 15) is 4.79 Å². The molecular weight excluding hydrogens is 316 g/mol. The van der Waals surface area contributed by atoms with E-state index in [1.165, 1.54) is 12.3 Å². The lowest BCUT2D eigenvalue weighted by Gasteiger charge is -2.01. The van der Waals surface area contributed by atoms with Crippen LogP contribution in [0.15, 0.2) is 46.8 Å². The number of rotatable bonds is 3. The molecule has 0 radical (unpaired) electrons. The second kappa shape index (κ2) is 5.81. The normalized spacial score (nSPS) is 11.4. The van der Waals surface area contributed by atoms with Gasteiger partial charge in [0.1, 0.15) is 5.65 Å². The lowest BCUT2D eigenvalue weighted by Crippen LogP contribution is -1.98. The Labute approximate surface area is 137 Å². The number of aryl methyl sites for hydroxylation is 1. The molecule has 1 aromatic carbocycles. The lowest BCUT2D eigenvalue weighted by atomic mass is 10.2. The molecule has 0 unspecified atom stereocenters. The number of halogens is 1. The summed E-state index contributed by atoms with van der Waals surface area (Å²) in [6.45, 7) is 3.66. The minimum atomic E-state index is -1.01. The van der Waals surface area contributed by atoms with Crippen LogP contribution in [0.1, 0.15) is 21.6 Å². The fraction of sp³-hybridized carbons (Fsp3) is 0.125. The Balaban J connectivity index is 2.10. The molecule has 2 heterocycles. The van der Waals surface area contributed by atoms with Gasteiger partial charge in [-0.2, -0.15) is 0 Å². The third kappa shape index (κ3) is 2.80. The van der Waals surface area contributed by atoms with Crippen LogP contribution in [-0.4, -0.2) is 20.5 Å². The maximum Gasteiger partial charge on any atom is 0.337 e. The fourth-order valence-corrected chi connectivity index (χ4v) is 2.37. The monoisotopic (exact) mass is 328 g/mol. The lowest BCUT2D eigenvalue weighted by molar-refractivity contribution is 0.0696. The quantitative estimate of drug-likeness (QED) is 0.706. The predicted octanol–water partition coefficient (Wildman–Crippen LogP) is 4.72. The fourth-order valence-electron chi connectivity index (χ4n) is 2.20. The van der Waals surface area contributed by atoms with Crippen LogP contribution in [0.25, 0.3) is 5.65 Å². The molecule has 0 atom stereocenters. The SMILES string of the molecule is Cc1nc2ccc(C(=O)O)cn2c1N=Nc1cccc(Cl)c1C. The van der Waals surface area contributed by atoms with Gasteiger partial charge in [-0.15, -0.1) is 10.2 Å². The number of nitrogens with zero attached hydrogens (tertiary/aromatic N) is 4. The van der Waals surface area contributed by atoms with Gasteiger partial charge >= 0.3 is 5.97 Å². The zero-order valence-corrected chi connectivity index (χ0v) is 13.2. The van der Waals surface area contributed by atoms with Gasteiger partial charge in [0.15, 0.2) is 5.82 Å². The first-order valence-corrected chi connectivity index (χ1v) is 7.24. The molecule has 0 bridgehead atoms. The molecule has 0 fully saturated rings. The van der Waals surface area contributed by atoms with Gasteiger partial charge in [0.25, 0.3) is 0 Å². The number of carboxylic acids is 1. The number of azo groups is 1. The Morgan fingerprint density at radius 3 is 2.74 bits per heavy atom. The van der Waals surface area contributed by atoms with Crippen molar-refractivity contribution in [2.45, 2.75) is 13.8 Å². The molecule has 0 aliphatic heterocycles. The molecule has 3 rings (SSSR count). The minimum Gasteiger partial charge on any atom is -0.478 e. The number of pyridine rings is 1. The van der Waals surface area contributed by atoms with Gasteiger partial charge in [-0.1, -0.05) is 17.7 Å². The minimum absolute atomic E-state index is 0.158. The summed E-state index contributed by atoms with van der Waals surface area (Å²) in [6, 6.07) is 8.54. The van der Waals surface area contributed by atoms with Crippen LogP contribution in [-0.2, 0) is 0 Å². The molecule has 2 aromatic heterocycles. The number of fused-ring (bicyclic) bond motifs is 1. The highest BCUT2D eigenvalue weighted by molar-refractivity contribution is 6.31.